The summed E-state index contributed by atoms with van der Waals surface area (Å²) in [7, 11) is 0. The van der Waals surface area contributed by atoms with Crippen molar-refractivity contribution in [1.29, 1.82) is 0 Å². The molecule has 0 aliphatic heterocycles. The molecule has 4 aliphatic rings. The van der Waals surface area contributed by atoms with E-state index in [9.17, 15) is 20.1 Å². The minimum atomic E-state index is -0.861. The zero-order valence-corrected chi connectivity index (χ0v) is 21.8. The Kier molecular flexibility index (Phi) is 6.50. The van der Waals surface area contributed by atoms with Crippen LogP contribution in [-0.4, -0.2) is 38.9 Å². The first-order valence-electron chi connectivity index (χ1n) is 13.6. The normalized spacial score (nSPS) is 50.3. The third-order valence-electron chi connectivity index (χ3n) is 11.5. The topological polar surface area (TPSA) is 77.8 Å². The Morgan fingerprint density at radius 3 is 2.30 bits per heavy atom. The summed E-state index contributed by atoms with van der Waals surface area (Å²) in [5.74, 6) is 1.46. The lowest BCUT2D eigenvalue weighted by Crippen LogP contribution is -2.69. The molecule has 4 rings (SSSR count). The Morgan fingerprint density at radius 1 is 1.00 bits per heavy atom. The number of hydrogen-bond donors (Lipinski definition) is 3. The molecular weight excluding hydrogens is 412 g/mol. The molecule has 0 saturated heterocycles. The van der Waals surface area contributed by atoms with Gasteiger partial charge in [0.2, 0.25) is 0 Å². The fourth-order valence-corrected chi connectivity index (χ4v) is 9.80. The number of hydrogen-bond acceptors (Lipinski definition) is 4. The molecule has 0 spiro atoms. The highest BCUT2D eigenvalue weighted by atomic mass is 16.3. The van der Waals surface area contributed by atoms with Crippen LogP contribution in [-0.2, 0) is 4.79 Å². The van der Waals surface area contributed by atoms with Gasteiger partial charge in [0, 0.05) is 12.3 Å². The number of carbonyl (C=O) groups excluding carboxylic acids is 1. The molecule has 0 bridgehead atoms. The minimum absolute atomic E-state index is 0.131. The maximum Gasteiger partial charge on any atom is 0.158 e. The second-order valence-electron chi connectivity index (χ2n) is 13.4. The van der Waals surface area contributed by atoms with Gasteiger partial charge < -0.3 is 15.3 Å². The van der Waals surface area contributed by atoms with E-state index in [1.54, 1.807) is 0 Å². The second kappa shape index (κ2) is 8.45. The Bertz CT molecular complexity index is 790. The Hall–Kier alpha value is -0.710. The van der Waals surface area contributed by atoms with Gasteiger partial charge in [0.15, 0.2) is 5.78 Å². The summed E-state index contributed by atoms with van der Waals surface area (Å²) >= 11 is 0. The van der Waals surface area contributed by atoms with E-state index >= 15 is 0 Å². The van der Waals surface area contributed by atoms with Crippen LogP contribution in [0.3, 0.4) is 0 Å². The lowest BCUT2D eigenvalue weighted by molar-refractivity contribution is -0.267. The summed E-state index contributed by atoms with van der Waals surface area (Å²) in [4.78, 5) is 12.8. The van der Waals surface area contributed by atoms with Crippen LogP contribution in [0, 0.1) is 52.3 Å². The lowest BCUT2D eigenvalue weighted by Gasteiger charge is -2.67. The molecule has 3 N–H and O–H groups in total. The molecule has 188 valence electrons. The van der Waals surface area contributed by atoms with E-state index in [2.05, 4.69) is 34.3 Å². The first-order valence-corrected chi connectivity index (χ1v) is 13.6. The van der Waals surface area contributed by atoms with Crippen LogP contribution < -0.4 is 0 Å². The largest absolute Gasteiger partial charge is 0.393 e. The number of allylic oxidation sites excluding steroid dienone is 1. The van der Waals surface area contributed by atoms with Crippen LogP contribution in [0.15, 0.2) is 12.2 Å². The van der Waals surface area contributed by atoms with Crippen LogP contribution in [0.1, 0.15) is 92.9 Å². The average molecular weight is 461 g/mol. The SMILES string of the molecule is C=C(C(=O)CC(C)C1CCC2C1(C)CC(O)C1C3(C)CCC(O)C(C)C3CCC21O)C(C)C. The molecule has 0 radical (unpaired) electrons. The predicted molar refractivity (Wildman–Crippen MR) is 131 cm³/mol. The highest BCUT2D eigenvalue weighted by molar-refractivity contribution is 5.95. The molecule has 0 amide bonds. The number of rotatable bonds is 5. The van der Waals surface area contributed by atoms with E-state index in [0.29, 0.717) is 30.3 Å². The first kappa shape index (κ1) is 25.4. The molecule has 4 aliphatic carbocycles. The fourth-order valence-electron chi connectivity index (χ4n) is 9.80. The van der Waals surface area contributed by atoms with Gasteiger partial charge in [0.1, 0.15) is 0 Å². The van der Waals surface area contributed by atoms with Crippen molar-refractivity contribution in [3.8, 4) is 0 Å². The summed E-state index contributed by atoms with van der Waals surface area (Å²) in [6.45, 7) is 17.0. The smallest absolute Gasteiger partial charge is 0.158 e. The zero-order chi connectivity index (χ0) is 24.5. The first-order chi connectivity index (χ1) is 15.3. The number of Topliss-reactive ketones (excluding diaryl/α,β-unsaturated/α-hetero) is 1. The standard InChI is InChI=1S/C29H48O4/c1-16(2)18(4)23(31)14-17(3)20-8-9-25-28(20,7)15-24(32)26-27(6)12-11-22(30)19(5)21(27)10-13-29(25,26)33/h16-17,19-22,24-26,30,32-33H,4,8-15H2,1-3,5-7H3. The van der Waals surface area contributed by atoms with Gasteiger partial charge in [0.25, 0.3) is 0 Å². The summed E-state index contributed by atoms with van der Waals surface area (Å²) in [5.41, 5.74) is -0.448. The van der Waals surface area contributed by atoms with Gasteiger partial charge in [-0.05, 0) is 96.9 Å². The molecule has 0 aromatic carbocycles. The van der Waals surface area contributed by atoms with Crippen molar-refractivity contribution in [2.75, 3.05) is 0 Å². The highest BCUT2D eigenvalue weighted by Crippen LogP contribution is 2.70. The van der Waals surface area contributed by atoms with Gasteiger partial charge >= 0.3 is 0 Å². The second-order valence-corrected chi connectivity index (χ2v) is 13.4. The molecule has 0 aromatic rings. The van der Waals surface area contributed by atoms with Crippen LogP contribution in [0.5, 0.6) is 0 Å². The number of aliphatic hydroxyl groups excluding tert-OH is 2. The van der Waals surface area contributed by atoms with Gasteiger partial charge in [-0.2, -0.15) is 0 Å². The quantitative estimate of drug-likeness (QED) is 0.496. The third kappa shape index (κ3) is 3.69. The molecule has 4 nitrogen and oxygen atoms in total. The van der Waals surface area contributed by atoms with Crippen LogP contribution in [0.25, 0.3) is 0 Å². The number of carbonyl (C=O) groups is 1. The fraction of sp³-hybridized carbons (Fsp3) is 0.897. The van der Waals surface area contributed by atoms with E-state index in [1.807, 2.05) is 13.8 Å². The van der Waals surface area contributed by atoms with E-state index in [4.69, 9.17) is 0 Å². The van der Waals surface area contributed by atoms with Gasteiger partial charge in [-0.3, -0.25) is 4.79 Å². The third-order valence-corrected chi connectivity index (χ3v) is 11.5. The highest BCUT2D eigenvalue weighted by Gasteiger charge is 2.70. The van der Waals surface area contributed by atoms with Gasteiger partial charge in [-0.15, -0.1) is 0 Å². The summed E-state index contributed by atoms with van der Waals surface area (Å²) < 4.78 is 0. The van der Waals surface area contributed by atoms with E-state index < -0.39 is 11.7 Å². The zero-order valence-electron chi connectivity index (χ0n) is 21.8. The van der Waals surface area contributed by atoms with Gasteiger partial charge in [-0.1, -0.05) is 48.1 Å². The molecule has 4 fully saturated rings. The monoisotopic (exact) mass is 460 g/mol. The van der Waals surface area contributed by atoms with Crippen LogP contribution in [0.2, 0.25) is 0 Å². The summed E-state index contributed by atoms with van der Waals surface area (Å²) in [5, 5.41) is 34.6. The Balaban J connectivity index is 1.60. The van der Waals surface area contributed by atoms with Crippen molar-refractivity contribution in [3.63, 3.8) is 0 Å². The molecule has 0 heterocycles. The molecule has 4 heteroatoms. The van der Waals surface area contributed by atoms with Crippen LogP contribution in [0.4, 0.5) is 0 Å². The van der Waals surface area contributed by atoms with Crippen LogP contribution >= 0.6 is 0 Å². The maximum atomic E-state index is 12.8. The Morgan fingerprint density at radius 2 is 1.67 bits per heavy atom. The van der Waals surface area contributed by atoms with Crippen molar-refractivity contribution >= 4 is 5.78 Å². The van der Waals surface area contributed by atoms with Gasteiger partial charge in [-0.25, -0.2) is 0 Å². The van der Waals surface area contributed by atoms with Crippen molar-refractivity contribution < 1.29 is 20.1 Å². The molecule has 33 heavy (non-hydrogen) atoms. The predicted octanol–water partition coefficient (Wildman–Crippen LogP) is 5.15. The number of fused-ring (bicyclic) bond motifs is 5. The van der Waals surface area contributed by atoms with Gasteiger partial charge in [0.05, 0.1) is 17.8 Å². The Labute approximate surface area is 201 Å². The molecular formula is C29H48O4. The number of aliphatic hydroxyl groups is 3. The molecule has 11 atom stereocenters. The van der Waals surface area contributed by atoms with E-state index in [1.165, 1.54) is 0 Å². The lowest BCUT2D eigenvalue weighted by atomic mass is 9.40. The molecule has 11 unspecified atom stereocenters. The molecule has 0 aromatic heterocycles. The van der Waals surface area contributed by atoms with Crippen molar-refractivity contribution in [1.82, 2.24) is 0 Å². The summed E-state index contributed by atoms with van der Waals surface area (Å²) in [6, 6.07) is 0. The molecule has 4 saturated carbocycles. The maximum absolute atomic E-state index is 12.8. The van der Waals surface area contributed by atoms with E-state index in [0.717, 1.165) is 38.5 Å². The van der Waals surface area contributed by atoms with Crippen molar-refractivity contribution in [2.45, 2.75) is 111 Å². The van der Waals surface area contributed by atoms with Crippen molar-refractivity contribution in [2.24, 2.45) is 52.3 Å². The minimum Gasteiger partial charge on any atom is -0.393 e. The number of ketones is 1. The van der Waals surface area contributed by atoms with E-state index in [-0.39, 0.29) is 52.3 Å². The summed E-state index contributed by atoms with van der Waals surface area (Å²) in [6.07, 6.45) is 5.68. The van der Waals surface area contributed by atoms with Crippen molar-refractivity contribution in [3.05, 3.63) is 12.2 Å². The average Bonchev–Trinajstić information content (AvgIpc) is 3.07.